The lowest BCUT2D eigenvalue weighted by atomic mass is 9.77. The van der Waals surface area contributed by atoms with Gasteiger partial charge in [-0.1, -0.05) is 31.4 Å². The summed E-state index contributed by atoms with van der Waals surface area (Å²) < 4.78 is 5.58. The zero-order valence-electron chi connectivity index (χ0n) is 10.7. The van der Waals surface area contributed by atoms with Crippen LogP contribution in [0.3, 0.4) is 0 Å². The fourth-order valence-electron chi connectivity index (χ4n) is 2.73. The second-order valence-corrected chi connectivity index (χ2v) is 5.61. The minimum atomic E-state index is -0.185. The van der Waals surface area contributed by atoms with E-state index in [9.17, 15) is 0 Å². The van der Waals surface area contributed by atoms with Gasteiger partial charge in [-0.05, 0) is 25.2 Å². The maximum absolute atomic E-state index is 6.59. The number of nitrogens with two attached hydrogens (primary N) is 1. The van der Waals surface area contributed by atoms with E-state index in [4.69, 9.17) is 10.5 Å². The van der Waals surface area contributed by atoms with Crippen LogP contribution in [0.1, 0.15) is 37.7 Å². The molecule has 94 valence electrons. The van der Waals surface area contributed by atoms with Crippen LogP contribution in [0.25, 0.3) is 0 Å². The molecule has 2 rings (SSSR count). The first-order valence-electron chi connectivity index (χ1n) is 6.21. The van der Waals surface area contributed by atoms with E-state index in [1.807, 2.05) is 0 Å². The molecular weight excluding hydrogens is 230 g/mol. The molecule has 0 amide bonds. The van der Waals surface area contributed by atoms with Gasteiger partial charge >= 0.3 is 0 Å². The lowest BCUT2D eigenvalue weighted by molar-refractivity contribution is 0.287. The summed E-state index contributed by atoms with van der Waals surface area (Å²) in [5.74, 6) is 0.976. The van der Waals surface area contributed by atoms with Crippen LogP contribution in [0.4, 0.5) is 0 Å². The summed E-state index contributed by atoms with van der Waals surface area (Å²) in [5, 5.41) is 0. The molecule has 1 aliphatic carbocycles. The average molecular weight is 251 g/mol. The van der Waals surface area contributed by atoms with Crippen LogP contribution in [0.2, 0.25) is 0 Å². The lowest BCUT2D eigenvalue weighted by Gasteiger charge is -2.35. The number of thioether (sulfide) groups is 1. The van der Waals surface area contributed by atoms with Gasteiger partial charge in [0.2, 0.25) is 0 Å². The van der Waals surface area contributed by atoms with Crippen molar-refractivity contribution in [2.45, 2.75) is 42.5 Å². The molecule has 1 fully saturated rings. The first kappa shape index (κ1) is 12.8. The summed E-state index contributed by atoms with van der Waals surface area (Å²) >= 11 is 1.72. The largest absolute Gasteiger partial charge is 0.495 e. The Kier molecular flexibility index (Phi) is 4.00. The molecule has 0 spiro atoms. The van der Waals surface area contributed by atoms with Gasteiger partial charge < -0.3 is 10.5 Å². The third-order valence-electron chi connectivity index (χ3n) is 3.69. The maximum atomic E-state index is 6.59. The molecule has 2 N–H and O–H groups in total. The smallest absolute Gasteiger partial charge is 0.137 e. The minimum absolute atomic E-state index is 0.185. The number of ether oxygens (including phenoxy) is 1. The van der Waals surface area contributed by atoms with Gasteiger partial charge in [0.05, 0.1) is 7.11 Å². The van der Waals surface area contributed by atoms with Crippen molar-refractivity contribution in [3.63, 3.8) is 0 Å². The molecule has 0 radical (unpaired) electrons. The van der Waals surface area contributed by atoms with Crippen molar-refractivity contribution in [3.8, 4) is 5.75 Å². The maximum Gasteiger partial charge on any atom is 0.137 e. The standard InChI is InChI=1S/C14H21NOS/c1-16-13-11(7-6-8-12(13)17-2)14(15)9-4-3-5-10-14/h6-8H,3-5,9-10,15H2,1-2H3. The summed E-state index contributed by atoms with van der Waals surface area (Å²) in [6.45, 7) is 0. The Balaban J connectivity index is 2.42. The van der Waals surface area contributed by atoms with Crippen LogP contribution < -0.4 is 10.5 Å². The number of para-hydroxylation sites is 1. The van der Waals surface area contributed by atoms with Crippen molar-refractivity contribution in [2.24, 2.45) is 5.73 Å². The van der Waals surface area contributed by atoms with Gasteiger partial charge in [-0.3, -0.25) is 0 Å². The molecule has 17 heavy (non-hydrogen) atoms. The van der Waals surface area contributed by atoms with Crippen LogP contribution in [0, 0.1) is 0 Å². The second kappa shape index (κ2) is 5.32. The molecule has 1 aromatic rings. The van der Waals surface area contributed by atoms with Crippen molar-refractivity contribution in [1.29, 1.82) is 0 Å². The zero-order chi connectivity index (χ0) is 12.3. The van der Waals surface area contributed by atoms with Crippen LogP contribution in [0.15, 0.2) is 23.1 Å². The Morgan fingerprint density at radius 1 is 1.24 bits per heavy atom. The topological polar surface area (TPSA) is 35.2 Å². The van der Waals surface area contributed by atoms with Gasteiger partial charge in [0.1, 0.15) is 5.75 Å². The fraction of sp³-hybridized carbons (Fsp3) is 0.571. The minimum Gasteiger partial charge on any atom is -0.495 e. The number of benzene rings is 1. The molecule has 0 unspecified atom stereocenters. The summed E-state index contributed by atoms with van der Waals surface area (Å²) in [6, 6.07) is 6.32. The third-order valence-corrected chi connectivity index (χ3v) is 4.45. The molecule has 0 bridgehead atoms. The van der Waals surface area contributed by atoms with Gasteiger partial charge in [-0.25, -0.2) is 0 Å². The molecule has 0 heterocycles. The molecule has 0 saturated heterocycles. The Bertz CT molecular complexity index is 386. The van der Waals surface area contributed by atoms with Crippen LogP contribution in [0.5, 0.6) is 5.75 Å². The fourth-order valence-corrected chi connectivity index (χ4v) is 3.32. The number of hydrogen-bond donors (Lipinski definition) is 1. The highest BCUT2D eigenvalue weighted by molar-refractivity contribution is 7.98. The van der Waals surface area contributed by atoms with Crippen molar-refractivity contribution in [2.75, 3.05) is 13.4 Å². The Hall–Kier alpha value is -0.670. The summed E-state index contributed by atoms with van der Waals surface area (Å²) in [6.07, 6.45) is 7.98. The van der Waals surface area contributed by atoms with E-state index < -0.39 is 0 Å². The predicted octanol–water partition coefficient (Wildman–Crippen LogP) is 3.54. The number of hydrogen-bond acceptors (Lipinski definition) is 3. The van der Waals surface area contributed by atoms with Gasteiger partial charge in [0.25, 0.3) is 0 Å². The first-order valence-corrected chi connectivity index (χ1v) is 7.44. The molecule has 1 aliphatic rings. The first-order chi connectivity index (χ1) is 8.21. The number of methoxy groups -OCH3 is 1. The van der Waals surface area contributed by atoms with Crippen molar-refractivity contribution < 1.29 is 4.74 Å². The monoisotopic (exact) mass is 251 g/mol. The summed E-state index contributed by atoms with van der Waals surface area (Å²) in [4.78, 5) is 1.18. The quantitative estimate of drug-likeness (QED) is 0.835. The molecule has 3 heteroatoms. The molecule has 0 aliphatic heterocycles. The van der Waals surface area contributed by atoms with E-state index >= 15 is 0 Å². The third kappa shape index (κ3) is 2.45. The molecule has 1 saturated carbocycles. The highest BCUT2D eigenvalue weighted by atomic mass is 32.2. The summed E-state index contributed by atoms with van der Waals surface area (Å²) in [5.41, 5.74) is 7.59. The van der Waals surface area contributed by atoms with Crippen molar-refractivity contribution in [1.82, 2.24) is 0 Å². The predicted molar refractivity (Wildman–Crippen MR) is 73.7 cm³/mol. The zero-order valence-corrected chi connectivity index (χ0v) is 11.5. The molecule has 2 nitrogen and oxygen atoms in total. The highest BCUT2D eigenvalue weighted by Crippen LogP contribution is 2.42. The van der Waals surface area contributed by atoms with E-state index in [-0.39, 0.29) is 5.54 Å². The van der Waals surface area contributed by atoms with E-state index in [0.717, 1.165) is 18.6 Å². The van der Waals surface area contributed by atoms with Crippen LogP contribution >= 0.6 is 11.8 Å². The SMILES string of the molecule is COc1c(SC)cccc1C1(N)CCCCC1. The second-order valence-electron chi connectivity index (χ2n) is 4.76. The van der Waals surface area contributed by atoms with Gasteiger partial charge in [-0.15, -0.1) is 11.8 Å². The van der Waals surface area contributed by atoms with Crippen LogP contribution in [-0.2, 0) is 5.54 Å². The van der Waals surface area contributed by atoms with Gasteiger partial charge in [0.15, 0.2) is 0 Å². The Labute approximate surface area is 108 Å². The van der Waals surface area contributed by atoms with Gasteiger partial charge in [0, 0.05) is 16.0 Å². The van der Waals surface area contributed by atoms with E-state index in [2.05, 4.69) is 24.5 Å². The lowest BCUT2D eigenvalue weighted by Crippen LogP contribution is -2.39. The Morgan fingerprint density at radius 3 is 2.53 bits per heavy atom. The average Bonchev–Trinajstić information content (AvgIpc) is 2.38. The molecular formula is C14H21NOS. The van der Waals surface area contributed by atoms with Crippen molar-refractivity contribution >= 4 is 11.8 Å². The van der Waals surface area contributed by atoms with E-state index in [1.54, 1.807) is 18.9 Å². The van der Waals surface area contributed by atoms with Crippen LogP contribution in [-0.4, -0.2) is 13.4 Å². The summed E-state index contributed by atoms with van der Waals surface area (Å²) in [7, 11) is 1.74. The highest BCUT2D eigenvalue weighted by Gasteiger charge is 2.32. The molecule has 0 aromatic heterocycles. The van der Waals surface area contributed by atoms with E-state index in [1.165, 1.54) is 29.7 Å². The Morgan fingerprint density at radius 2 is 1.94 bits per heavy atom. The normalized spacial score (nSPS) is 19.0. The molecule has 0 atom stereocenters. The van der Waals surface area contributed by atoms with E-state index in [0.29, 0.717) is 0 Å². The van der Waals surface area contributed by atoms with Gasteiger partial charge in [-0.2, -0.15) is 0 Å². The van der Waals surface area contributed by atoms with Crippen molar-refractivity contribution in [3.05, 3.63) is 23.8 Å². The molecule has 1 aromatic carbocycles. The number of rotatable bonds is 3.